The first kappa shape index (κ1) is 19.9. The highest BCUT2D eigenvalue weighted by atomic mass is 15.2. The standard InChI is InChI=1S/C35H25N/c1-21(2)36(32-19-17-28-24-11-5-3-9-22(24)26-13-7-15-30(32)34(26)28)33-20-18-29-25-12-6-4-10-23(25)27-14-8-16-31(33)35(27)29/h3-21H,1-2H3. The largest absolute Gasteiger partial charge is 0.338 e. The van der Waals surface area contributed by atoms with Crippen molar-refractivity contribution in [1.82, 2.24) is 0 Å². The van der Waals surface area contributed by atoms with E-state index in [1.165, 1.54) is 77.4 Å². The molecule has 0 N–H and O–H groups in total. The number of rotatable bonds is 3. The predicted molar refractivity (Wildman–Crippen MR) is 154 cm³/mol. The molecule has 0 fully saturated rings. The Morgan fingerprint density at radius 2 is 0.750 bits per heavy atom. The lowest BCUT2D eigenvalue weighted by molar-refractivity contribution is 0.794. The van der Waals surface area contributed by atoms with Crippen molar-refractivity contribution in [3.63, 3.8) is 0 Å². The summed E-state index contributed by atoms with van der Waals surface area (Å²) in [6.07, 6.45) is 0. The van der Waals surface area contributed by atoms with E-state index in [4.69, 9.17) is 0 Å². The van der Waals surface area contributed by atoms with Crippen LogP contribution in [-0.4, -0.2) is 6.04 Å². The zero-order chi connectivity index (χ0) is 24.0. The number of fused-ring (bicyclic) bond motifs is 6. The molecule has 0 saturated heterocycles. The minimum Gasteiger partial charge on any atom is -0.338 e. The maximum atomic E-state index is 2.54. The van der Waals surface area contributed by atoms with Crippen LogP contribution >= 0.6 is 0 Å². The van der Waals surface area contributed by atoms with Gasteiger partial charge in [0, 0.05) is 28.2 Å². The van der Waals surface area contributed by atoms with Gasteiger partial charge in [0.1, 0.15) is 0 Å². The van der Waals surface area contributed by atoms with E-state index in [2.05, 4.69) is 128 Å². The lowest BCUT2D eigenvalue weighted by atomic mass is 9.97. The normalized spacial score (nSPS) is 12.4. The summed E-state index contributed by atoms with van der Waals surface area (Å²) in [5.74, 6) is 0. The fourth-order valence-electron chi connectivity index (χ4n) is 6.69. The van der Waals surface area contributed by atoms with Crippen molar-refractivity contribution in [2.75, 3.05) is 4.90 Å². The second kappa shape index (κ2) is 7.08. The van der Waals surface area contributed by atoms with Gasteiger partial charge in [-0.2, -0.15) is 0 Å². The van der Waals surface area contributed by atoms with E-state index in [9.17, 15) is 0 Å². The van der Waals surface area contributed by atoms with Crippen molar-refractivity contribution >= 4 is 32.9 Å². The Bertz CT molecular complexity index is 1680. The second-order valence-corrected chi connectivity index (χ2v) is 10.3. The minimum atomic E-state index is 0.298. The second-order valence-electron chi connectivity index (χ2n) is 10.3. The molecule has 6 aromatic carbocycles. The van der Waals surface area contributed by atoms with Gasteiger partial charge in [0.05, 0.1) is 0 Å². The summed E-state index contributed by atoms with van der Waals surface area (Å²) in [6.45, 7) is 4.60. The molecule has 0 spiro atoms. The summed E-state index contributed by atoms with van der Waals surface area (Å²) < 4.78 is 0. The van der Waals surface area contributed by atoms with Crippen LogP contribution in [0.1, 0.15) is 13.8 Å². The highest BCUT2D eigenvalue weighted by molar-refractivity contribution is 6.21. The monoisotopic (exact) mass is 459 g/mol. The van der Waals surface area contributed by atoms with Gasteiger partial charge in [-0.15, -0.1) is 0 Å². The molecule has 170 valence electrons. The van der Waals surface area contributed by atoms with Crippen LogP contribution in [0.4, 0.5) is 11.4 Å². The van der Waals surface area contributed by atoms with Crippen LogP contribution in [-0.2, 0) is 0 Å². The maximum Gasteiger partial charge on any atom is 0.0493 e. The van der Waals surface area contributed by atoms with Crippen LogP contribution in [0, 0.1) is 0 Å². The Morgan fingerprint density at radius 1 is 0.389 bits per heavy atom. The van der Waals surface area contributed by atoms with Crippen LogP contribution in [0.25, 0.3) is 66.1 Å². The number of hydrogen-bond acceptors (Lipinski definition) is 1. The van der Waals surface area contributed by atoms with Crippen LogP contribution in [0.3, 0.4) is 0 Å². The molecule has 36 heavy (non-hydrogen) atoms. The van der Waals surface area contributed by atoms with Gasteiger partial charge in [0.15, 0.2) is 0 Å². The molecule has 1 nitrogen and oxygen atoms in total. The van der Waals surface area contributed by atoms with E-state index < -0.39 is 0 Å². The summed E-state index contributed by atoms with van der Waals surface area (Å²) in [4.78, 5) is 2.54. The highest BCUT2D eigenvalue weighted by Crippen LogP contribution is 2.53. The third kappa shape index (κ3) is 2.45. The average molecular weight is 460 g/mol. The van der Waals surface area contributed by atoms with Gasteiger partial charge in [-0.3, -0.25) is 0 Å². The van der Waals surface area contributed by atoms with E-state index in [0.29, 0.717) is 6.04 Å². The third-order valence-electron chi connectivity index (χ3n) is 8.09. The first-order valence-electron chi connectivity index (χ1n) is 12.8. The van der Waals surface area contributed by atoms with Gasteiger partial charge in [0.2, 0.25) is 0 Å². The molecule has 0 atom stereocenters. The Hall–Kier alpha value is -4.36. The average Bonchev–Trinajstić information content (AvgIpc) is 3.42. The van der Waals surface area contributed by atoms with Crippen LogP contribution in [0.2, 0.25) is 0 Å². The quantitative estimate of drug-likeness (QED) is 0.254. The lowest BCUT2D eigenvalue weighted by Gasteiger charge is -2.32. The highest BCUT2D eigenvalue weighted by Gasteiger charge is 2.27. The van der Waals surface area contributed by atoms with Gasteiger partial charge >= 0.3 is 0 Å². The summed E-state index contributed by atoms with van der Waals surface area (Å²) >= 11 is 0. The molecule has 1 heteroatoms. The SMILES string of the molecule is CC(C)N(c1ccc2c3c(cccc13)-c1ccccc1-2)c1ccc2c3c(cccc13)-c1ccccc1-2. The van der Waals surface area contributed by atoms with Crippen molar-refractivity contribution in [1.29, 1.82) is 0 Å². The molecule has 0 aliphatic heterocycles. The van der Waals surface area contributed by atoms with Gasteiger partial charge in [0.25, 0.3) is 0 Å². The summed E-state index contributed by atoms with van der Waals surface area (Å²) in [7, 11) is 0. The Balaban J connectivity index is 1.41. The zero-order valence-corrected chi connectivity index (χ0v) is 20.4. The molecule has 8 rings (SSSR count). The van der Waals surface area contributed by atoms with E-state index in [-0.39, 0.29) is 0 Å². The van der Waals surface area contributed by atoms with Crippen LogP contribution in [0.5, 0.6) is 0 Å². The first-order chi connectivity index (χ1) is 17.7. The Kier molecular flexibility index (Phi) is 3.92. The molecule has 2 aliphatic rings. The number of nitrogens with zero attached hydrogens (tertiary/aromatic N) is 1. The first-order valence-corrected chi connectivity index (χ1v) is 12.8. The lowest BCUT2D eigenvalue weighted by Crippen LogP contribution is -2.25. The molecule has 0 heterocycles. The molecular weight excluding hydrogens is 434 g/mol. The van der Waals surface area contributed by atoms with Crippen molar-refractivity contribution in [2.45, 2.75) is 19.9 Å². The van der Waals surface area contributed by atoms with Crippen molar-refractivity contribution in [3.8, 4) is 44.5 Å². The van der Waals surface area contributed by atoms with E-state index in [0.717, 1.165) is 0 Å². The molecule has 0 radical (unpaired) electrons. The van der Waals surface area contributed by atoms with Crippen molar-refractivity contribution in [3.05, 3.63) is 109 Å². The topological polar surface area (TPSA) is 3.24 Å². The smallest absolute Gasteiger partial charge is 0.0493 e. The Labute approximate surface area is 211 Å². The van der Waals surface area contributed by atoms with Gasteiger partial charge in [-0.25, -0.2) is 0 Å². The molecule has 2 aliphatic carbocycles. The molecule has 0 aromatic heterocycles. The Morgan fingerprint density at radius 3 is 1.14 bits per heavy atom. The van der Waals surface area contributed by atoms with Crippen LogP contribution < -0.4 is 4.90 Å². The molecule has 0 bridgehead atoms. The molecule has 0 amide bonds. The van der Waals surface area contributed by atoms with Crippen molar-refractivity contribution in [2.24, 2.45) is 0 Å². The number of hydrogen-bond donors (Lipinski definition) is 0. The van der Waals surface area contributed by atoms with Gasteiger partial charge < -0.3 is 4.90 Å². The maximum absolute atomic E-state index is 2.54. The van der Waals surface area contributed by atoms with Gasteiger partial charge in [-0.05, 0) is 81.3 Å². The minimum absolute atomic E-state index is 0.298. The summed E-state index contributed by atoms with van der Waals surface area (Å²) in [6, 6.07) is 40.8. The molecule has 0 saturated carbocycles. The van der Waals surface area contributed by atoms with Gasteiger partial charge in [-0.1, -0.05) is 97.1 Å². The fraction of sp³-hybridized carbons (Fsp3) is 0.0857. The molecule has 6 aromatic rings. The number of benzene rings is 6. The zero-order valence-electron chi connectivity index (χ0n) is 20.4. The summed E-state index contributed by atoms with van der Waals surface area (Å²) in [5.41, 5.74) is 13.3. The van der Waals surface area contributed by atoms with E-state index >= 15 is 0 Å². The van der Waals surface area contributed by atoms with Crippen molar-refractivity contribution < 1.29 is 0 Å². The van der Waals surface area contributed by atoms with Crippen LogP contribution in [0.15, 0.2) is 109 Å². The molecular formula is C35H25N. The molecule has 0 unspecified atom stereocenters. The fourth-order valence-corrected chi connectivity index (χ4v) is 6.69. The van der Waals surface area contributed by atoms with E-state index in [1.807, 2.05) is 0 Å². The number of anilines is 2. The predicted octanol–water partition coefficient (Wildman–Crippen LogP) is 9.83. The summed E-state index contributed by atoms with van der Waals surface area (Å²) in [5, 5.41) is 5.39. The van der Waals surface area contributed by atoms with E-state index in [1.54, 1.807) is 0 Å². The third-order valence-corrected chi connectivity index (χ3v) is 8.09.